The maximum atomic E-state index is 12.4. The zero-order chi connectivity index (χ0) is 13.0. The Morgan fingerprint density at radius 2 is 2.50 bits per heavy atom. The summed E-state index contributed by atoms with van der Waals surface area (Å²) in [5.41, 5.74) is 0.701. The van der Waals surface area contributed by atoms with Gasteiger partial charge in [-0.15, -0.1) is 0 Å². The summed E-state index contributed by atoms with van der Waals surface area (Å²) in [5, 5.41) is 10.6. The maximum Gasteiger partial charge on any atom is 0.227 e. The second-order valence-corrected chi connectivity index (χ2v) is 5.12. The molecule has 1 aliphatic rings. The molecule has 0 aromatic carbocycles. The third-order valence-electron chi connectivity index (χ3n) is 3.65. The van der Waals surface area contributed by atoms with Crippen molar-refractivity contribution in [3.8, 4) is 0 Å². The van der Waals surface area contributed by atoms with Gasteiger partial charge in [-0.05, 0) is 25.5 Å². The summed E-state index contributed by atoms with van der Waals surface area (Å²) in [6, 6.07) is 1.93. The average Bonchev–Trinajstić information content (AvgIpc) is 2.97. The van der Waals surface area contributed by atoms with Crippen molar-refractivity contribution in [3.63, 3.8) is 0 Å². The first-order valence-electron chi connectivity index (χ1n) is 6.64. The average molecular weight is 250 g/mol. The number of nitrogens with zero attached hydrogens (tertiary/aromatic N) is 2. The summed E-state index contributed by atoms with van der Waals surface area (Å²) in [6.07, 6.45) is 4.82. The van der Waals surface area contributed by atoms with Gasteiger partial charge in [0.1, 0.15) is 0 Å². The number of rotatable bonds is 5. The van der Waals surface area contributed by atoms with Crippen LogP contribution in [0.15, 0.2) is 12.3 Å². The van der Waals surface area contributed by atoms with Gasteiger partial charge in [0.05, 0.1) is 17.7 Å². The van der Waals surface area contributed by atoms with E-state index in [2.05, 4.69) is 22.7 Å². The van der Waals surface area contributed by atoms with Crippen LogP contribution < -0.4 is 10.6 Å². The lowest BCUT2D eigenvalue weighted by molar-refractivity contribution is -0.130. The molecule has 0 bridgehead atoms. The van der Waals surface area contributed by atoms with Gasteiger partial charge in [0.15, 0.2) is 0 Å². The van der Waals surface area contributed by atoms with Crippen LogP contribution in [0.4, 0.5) is 0 Å². The first-order chi connectivity index (χ1) is 8.66. The minimum atomic E-state index is -0.205. The van der Waals surface area contributed by atoms with Gasteiger partial charge >= 0.3 is 0 Å². The van der Waals surface area contributed by atoms with Crippen molar-refractivity contribution in [1.29, 1.82) is 0 Å². The van der Waals surface area contributed by atoms with Gasteiger partial charge in [-0.1, -0.05) is 13.3 Å². The van der Waals surface area contributed by atoms with Crippen molar-refractivity contribution >= 4 is 5.91 Å². The lowest BCUT2D eigenvalue weighted by atomic mass is 9.81. The predicted molar refractivity (Wildman–Crippen MR) is 69.9 cm³/mol. The van der Waals surface area contributed by atoms with E-state index in [1.165, 1.54) is 0 Å². The van der Waals surface area contributed by atoms with E-state index in [1.54, 1.807) is 4.68 Å². The van der Waals surface area contributed by atoms with E-state index in [1.807, 2.05) is 19.3 Å². The Labute approximate surface area is 108 Å². The Bertz CT molecular complexity index is 407. The van der Waals surface area contributed by atoms with Crippen molar-refractivity contribution in [2.24, 2.45) is 12.5 Å². The minimum Gasteiger partial charge on any atom is -0.350 e. The van der Waals surface area contributed by atoms with Crippen LogP contribution in [0.1, 0.15) is 31.9 Å². The van der Waals surface area contributed by atoms with Gasteiger partial charge in [0, 0.05) is 19.8 Å². The first kappa shape index (κ1) is 13.1. The molecule has 5 heteroatoms. The Kier molecular flexibility index (Phi) is 4.01. The summed E-state index contributed by atoms with van der Waals surface area (Å²) in [4.78, 5) is 12.4. The Morgan fingerprint density at radius 3 is 3.06 bits per heavy atom. The van der Waals surface area contributed by atoms with Gasteiger partial charge in [-0.2, -0.15) is 5.10 Å². The van der Waals surface area contributed by atoms with E-state index in [0.717, 1.165) is 38.0 Å². The van der Waals surface area contributed by atoms with Crippen molar-refractivity contribution in [2.45, 2.75) is 32.7 Å². The number of nitrogens with one attached hydrogen (secondary N) is 2. The molecule has 2 rings (SSSR count). The van der Waals surface area contributed by atoms with Gasteiger partial charge in [-0.3, -0.25) is 9.48 Å². The summed E-state index contributed by atoms with van der Waals surface area (Å²) >= 11 is 0. The van der Waals surface area contributed by atoms with Crippen LogP contribution in [-0.2, 0) is 18.4 Å². The maximum absolute atomic E-state index is 12.4. The van der Waals surface area contributed by atoms with Gasteiger partial charge < -0.3 is 10.6 Å². The highest BCUT2D eigenvalue weighted by atomic mass is 16.2. The molecule has 0 aliphatic carbocycles. The SMILES string of the molecule is CCCC1(C(=O)NCc2ccn(C)n2)CCNC1. The standard InChI is InChI=1S/C13H22N4O/c1-3-5-13(6-7-14-10-13)12(18)15-9-11-4-8-17(2)16-11/h4,8,14H,3,5-7,9-10H2,1-2H3,(H,15,18). The van der Waals surface area contributed by atoms with Crippen molar-refractivity contribution in [2.75, 3.05) is 13.1 Å². The van der Waals surface area contributed by atoms with E-state index < -0.39 is 0 Å². The van der Waals surface area contributed by atoms with Crippen LogP contribution in [0.2, 0.25) is 0 Å². The Morgan fingerprint density at radius 1 is 1.67 bits per heavy atom. The highest BCUT2D eigenvalue weighted by Crippen LogP contribution is 2.31. The number of carbonyl (C=O) groups excluding carboxylic acids is 1. The van der Waals surface area contributed by atoms with Crippen molar-refractivity contribution in [1.82, 2.24) is 20.4 Å². The fourth-order valence-electron chi connectivity index (χ4n) is 2.66. The number of hydrogen-bond acceptors (Lipinski definition) is 3. The van der Waals surface area contributed by atoms with E-state index in [-0.39, 0.29) is 11.3 Å². The van der Waals surface area contributed by atoms with E-state index >= 15 is 0 Å². The summed E-state index contributed by atoms with van der Waals surface area (Å²) in [7, 11) is 1.88. The Balaban J connectivity index is 1.93. The normalized spacial score (nSPS) is 23.2. The number of amides is 1. The second-order valence-electron chi connectivity index (χ2n) is 5.12. The van der Waals surface area contributed by atoms with E-state index in [4.69, 9.17) is 0 Å². The number of aromatic nitrogens is 2. The number of carbonyl (C=O) groups is 1. The zero-order valence-electron chi connectivity index (χ0n) is 11.2. The highest BCUT2D eigenvalue weighted by Gasteiger charge is 2.39. The minimum absolute atomic E-state index is 0.167. The first-order valence-corrected chi connectivity index (χ1v) is 6.64. The molecule has 1 atom stereocenters. The van der Waals surface area contributed by atoms with Crippen molar-refractivity contribution in [3.05, 3.63) is 18.0 Å². The van der Waals surface area contributed by atoms with Crippen LogP contribution in [0.25, 0.3) is 0 Å². The second kappa shape index (κ2) is 5.52. The fraction of sp³-hybridized carbons (Fsp3) is 0.692. The topological polar surface area (TPSA) is 59.0 Å². The molecule has 1 unspecified atom stereocenters. The molecular formula is C13H22N4O. The molecular weight excluding hydrogens is 228 g/mol. The van der Waals surface area contributed by atoms with Crippen LogP contribution >= 0.6 is 0 Å². The van der Waals surface area contributed by atoms with Crippen LogP contribution in [-0.4, -0.2) is 28.8 Å². The van der Waals surface area contributed by atoms with Crippen molar-refractivity contribution < 1.29 is 4.79 Å². The van der Waals surface area contributed by atoms with Gasteiger partial charge in [0.2, 0.25) is 5.91 Å². The van der Waals surface area contributed by atoms with Crippen LogP contribution in [0.3, 0.4) is 0 Å². The third kappa shape index (κ3) is 2.72. The molecule has 1 fully saturated rings. The molecule has 100 valence electrons. The molecule has 1 aliphatic heterocycles. The molecule has 0 saturated carbocycles. The lowest BCUT2D eigenvalue weighted by Gasteiger charge is -2.26. The molecule has 0 spiro atoms. The summed E-state index contributed by atoms with van der Waals surface area (Å²) < 4.78 is 1.75. The monoisotopic (exact) mass is 250 g/mol. The molecule has 1 aromatic rings. The van der Waals surface area contributed by atoms with Gasteiger partial charge in [-0.25, -0.2) is 0 Å². The Hall–Kier alpha value is -1.36. The molecule has 5 nitrogen and oxygen atoms in total. The summed E-state index contributed by atoms with van der Waals surface area (Å²) in [5.74, 6) is 0.167. The third-order valence-corrected chi connectivity index (χ3v) is 3.65. The van der Waals surface area contributed by atoms with E-state index in [0.29, 0.717) is 6.54 Å². The van der Waals surface area contributed by atoms with E-state index in [9.17, 15) is 4.79 Å². The van der Waals surface area contributed by atoms with Gasteiger partial charge in [0.25, 0.3) is 0 Å². The van der Waals surface area contributed by atoms with Crippen LogP contribution in [0.5, 0.6) is 0 Å². The molecule has 1 saturated heterocycles. The molecule has 2 N–H and O–H groups in total. The number of aryl methyl sites for hydroxylation is 1. The molecule has 0 radical (unpaired) electrons. The number of hydrogen-bond donors (Lipinski definition) is 2. The predicted octanol–water partition coefficient (Wildman–Crippen LogP) is 0.816. The lowest BCUT2D eigenvalue weighted by Crippen LogP contribution is -2.42. The quantitative estimate of drug-likeness (QED) is 0.813. The molecule has 1 amide bonds. The molecule has 2 heterocycles. The smallest absolute Gasteiger partial charge is 0.227 e. The molecule has 1 aromatic heterocycles. The zero-order valence-corrected chi connectivity index (χ0v) is 11.2. The fourth-order valence-corrected chi connectivity index (χ4v) is 2.66. The highest BCUT2D eigenvalue weighted by molar-refractivity contribution is 5.83. The largest absolute Gasteiger partial charge is 0.350 e. The summed E-state index contributed by atoms with van der Waals surface area (Å²) in [6.45, 7) is 4.39. The molecule has 18 heavy (non-hydrogen) atoms. The van der Waals surface area contributed by atoms with Crippen LogP contribution in [0, 0.1) is 5.41 Å².